The van der Waals surface area contributed by atoms with Crippen LogP contribution >= 0.6 is 11.8 Å². The summed E-state index contributed by atoms with van der Waals surface area (Å²) in [7, 11) is 0. The van der Waals surface area contributed by atoms with Gasteiger partial charge in [-0.25, -0.2) is 0 Å². The molecule has 6 amide bonds. The number of rotatable bonds is 25. The van der Waals surface area contributed by atoms with Crippen LogP contribution in [0.15, 0.2) is 30.3 Å². The molecule has 8 atom stereocenters. The largest absolute Gasteiger partial charge is 0.480 e. The first-order valence-electron chi connectivity index (χ1n) is 17.0. The van der Waals surface area contributed by atoms with Crippen LogP contribution in [0.3, 0.4) is 0 Å². The molecule has 0 saturated heterocycles. The average molecular weight is 771 g/mol. The van der Waals surface area contributed by atoms with E-state index in [1.54, 1.807) is 30.3 Å². The van der Waals surface area contributed by atoms with E-state index in [4.69, 9.17) is 16.6 Å². The number of benzene rings is 1. The van der Waals surface area contributed by atoms with Gasteiger partial charge in [0, 0.05) is 6.42 Å². The van der Waals surface area contributed by atoms with Crippen molar-refractivity contribution in [1.29, 1.82) is 0 Å². The van der Waals surface area contributed by atoms with Crippen LogP contribution in [0.1, 0.15) is 45.1 Å². The minimum Gasteiger partial charge on any atom is -0.480 e. The van der Waals surface area contributed by atoms with Crippen LogP contribution in [-0.4, -0.2) is 142 Å². The summed E-state index contributed by atoms with van der Waals surface area (Å²) in [6.07, 6.45) is 1.71. The third-order valence-electron chi connectivity index (χ3n) is 7.89. The lowest BCUT2D eigenvalue weighted by Gasteiger charge is -2.28. The molecular weight excluding hydrogens is 716 g/mol. The van der Waals surface area contributed by atoms with Gasteiger partial charge in [0.25, 0.3) is 0 Å². The van der Waals surface area contributed by atoms with Crippen LogP contribution < -0.4 is 43.4 Å². The zero-order chi connectivity index (χ0) is 40.1. The van der Waals surface area contributed by atoms with Crippen LogP contribution in [0.4, 0.5) is 0 Å². The number of aliphatic hydroxyl groups excluding tert-OH is 3. The van der Waals surface area contributed by atoms with E-state index in [1.807, 2.05) is 6.26 Å². The minimum atomic E-state index is -1.70. The van der Waals surface area contributed by atoms with Gasteiger partial charge in [0.1, 0.15) is 36.3 Å². The number of nitrogens with one attached hydrogen (secondary N) is 6. The van der Waals surface area contributed by atoms with E-state index >= 15 is 0 Å². The maximum atomic E-state index is 13.6. The Morgan fingerprint density at radius 3 is 1.72 bits per heavy atom. The summed E-state index contributed by atoms with van der Waals surface area (Å²) in [5, 5.41) is 53.2. The normalized spacial score (nSPS) is 15.5. The van der Waals surface area contributed by atoms with Gasteiger partial charge in [-0.05, 0) is 63.6 Å². The molecule has 0 spiro atoms. The molecule has 0 aliphatic heterocycles. The van der Waals surface area contributed by atoms with Crippen LogP contribution in [0.2, 0.25) is 0 Å². The maximum absolute atomic E-state index is 13.6. The van der Waals surface area contributed by atoms with Crippen molar-refractivity contribution in [3.63, 3.8) is 0 Å². The summed E-state index contributed by atoms with van der Waals surface area (Å²) in [5.41, 5.74) is 12.1. The van der Waals surface area contributed by atoms with E-state index < -0.39 is 103 Å². The monoisotopic (exact) mass is 770 g/mol. The SMILES string of the molecule is CSCC[C@H](N)C(=O)N[C@@H](CCCCN)C(=O)N[C@H](C(=O)N[C@@H](Cc1ccccc1)C(=O)N[C@@H](CO)C(=O)N[C@@H](CO)C(=O)N[C@@H](C)C(=O)O)[C@@H](C)O. The van der Waals surface area contributed by atoms with Gasteiger partial charge in [0.15, 0.2) is 0 Å². The fraction of sp³-hybridized carbons (Fsp3) is 0.606. The van der Waals surface area contributed by atoms with Crippen molar-refractivity contribution in [3.8, 4) is 0 Å². The zero-order valence-electron chi connectivity index (χ0n) is 30.1. The average Bonchev–Trinajstić information content (AvgIpc) is 3.12. The van der Waals surface area contributed by atoms with Crippen molar-refractivity contribution in [2.45, 2.75) is 94.3 Å². The van der Waals surface area contributed by atoms with Gasteiger partial charge in [0.2, 0.25) is 35.4 Å². The van der Waals surface area contributed by atoms with Crippen molar-refractivity contribution >= 4 is 53.2 Å². The molecule has 1 rings (SSSR count). The number of hydrogen-bond donors (Lipinski definition) is 12. The highest BCUT2D eigenvalue weighted by Crippen LogP contribution is 2.08. The van der Waals surface area contributed by atoms with E-state index in [1.165, 1.54) is 18.7 Å². The van der Waals surface area contributed by atoms with Crippen molar-refractivity contribution in [2.75, 3.05) is 31.8 Å². The number of carboxylic acids is 1. The predicted octanol–water partition coefficient (Wildman–Crippen LogP) is -4.18. The Morgan fingerprint density at radius 1 is 0.698 bits per heavy atom. The summed E-state index contributed by atoms with van der Waals surface area (Å²) in [6.45, 7) is 0.790. The number of carboxylic acid groups (broad SMARTS) is 1. The number of carbonyl (C=O) groups excluding carboxylic acids is 6. The fourth-order valence-electron chi connectivity index (χ4n) is 4.70. The molecule has 0 heterocycles. The van der Waals surface area contributed by atoms with Crippen molar-refractivity contribution in [2.24, 2.45) is 11.5 Å². The second kappa shape index (κ2) is 24.8. The summed E-state index contributed by atoms with van der Waals surface area (Å²) in [5.74, 6) is -6.28. The minimum absolute atomic E-state index is 0.152. The van der Waals surface area contributed by atoms with Gasteiger partial charge in [-0.3, -0.25) is 33.6 Å². The molecule has 53 heavy (non-hydrogen) atoms. The first-order valence-corrected chi connectivity index (χ1v) is 18.4. The van der Waals surface area contributed by atoms with Crippen LogP contribution in [0.25, 0.3) is 0 Å². The Balaban J connectivity index is 3.23. The second-order valence-electron chi connectivity index (χ2n) is 12.3. The molecule has 0 aliphatic carbocycles. The molecular formula is C33H54N8O11S. The summed E-state index contributed by atoms with van der Waals surface area (Å²) in [4.78, 5) is 89.8. The highest BCUT2D eigenvalue weighted by Gasteiger charge is 2.34. The van der Waals surface area contributed by atoms with Gasteiger partial charge >= 0.3 is 5.97 Å². The Bertz CT molecular complexity index is 1360. The summed E-state index contributed by atoms with van der Waals surface area (Å²) in [6, 6.07) is -1.43. The Kier molecular flexibility index (Phi) is 21.9. The highest BCUT2D eigenvalue weighted by atomic mass is 32.2. The Hall–Kier alpha value is -4.34. The fourth-order valence-corrected chi connectivity index (χ4v) is 5.19. The number of aliphatic carboxylic acids is 1. The van der Waals surface area contributed by atoms with E-state index in [0.29, 0.717) is 37.1 Å². The standard InChI is InChI=1S/C33H54N8O11S/c1-18(33(51)52)36-30(48)24(16-42)40-31(49)25(17-43)39-29(47)23(15-20-9-5-4-6-10-20)38-32(50)26(19(2)44)41-28(46)22(11-7-8-13-34)37-27(45)21(35)12-14-53-3/h4-6,9-10,18-19,21-26,42-44H,7-8,11-17,34-35H2,1-3H3,(H,36,48)(H,37,45)(H,38,50)(H,39,47)(H,40,49)(H,41,46)(H,51,52)/t18-,19+,21-,22-,23-,24-,25-,26-/m0/s1. The van der Waals surface area contributed by atoms with Gasteiger partial charge in [0.05, 0.1) is 25.4 Å². The molecule has 0 aromatic heterocycles. The molecule has 0 fully saturated rings. The smallest absolute Gasteiger partial charge is 0.325 e. The van der Waals surface area contributed by atoms with E-state index in [9.17, 15) is 48.9 Å². The Labute approximate surface area is 312 Å². The first kappa shape index (κ1) is 46.7. The number of unbranched alkanes of at least 4 members (excludes halogenated alkanes) is 1. The molecule has 0 radical (unpaired) electrons. The highest BCUT2D eigenvalue weighted by molar-refractivity contribution is 7.98. The molecule has 1 aromatic rings. The topological polar surface area (TPSA) is 325 Å². The first-order chi connectivity index (χ1) is 25.1. The lowest BCUT2D eigenvalue weighted by atomic mass is 10.0. The molecule has 0 unspecified atom stereocenters. The molecule has 1 aromatic carbocycles. The van der Waals surface area contributed by atoms with E-state index in [0.717, 1.165) is 6.92 Å². The van der Waals surface area contributed by atoms with Crippen molar-refractivity contribution in [1.82, 2.24) is 31.9 Å². The van der Waals surface area contributed by atoms with Gasteiger partial charge in [-0.2, -0.15) is 11.8 Å². The molecule has 0 aliphatic rings. The van der Waals surface area contributed by atoms with E-state index in [-0.39, 0.29) is 12.8 Å². The Morgan fingerprint density at radius 2 is 1.21 bits per heavy atom. The molecule has 0 bridgehead atoms. The number of nitrogens with two attached hydrogens (primary N) is 2. The summed E-state index contributed by atoms with van der Waals surface area (Å²) >= 11 is 1.50. The molecule has 298 valence electrons. The molecule has 19 nitrogen and oxygen atoms in total. The molecule has 0 saturated carbocycles. The number of aliphatic hydroxyl groups is 3. The lowest BCUT2D eigenvalue weighted by molar-refractivity contribution is -0.142. The van der Waals surface area contributed by atoms with Gasteiger partial charge in [-0.1, -0.05) is 30.3 Å². The zero-order valence-corrected chi connectivity index (χ0v) is 30.9. The third-order valence-corrected chi connectivity index (χ3v) is 8.53. The summed E-state index contributed by atoms with van der Waals surface area (Å²) < 4.78 is 0. The number of hydrogen-bond acceptors (Lipinski definition) is 13. The lowest BCUT2D eigenvalue weighted by Crippen LogP contribution is -2.62. The molecule has 20 heteroatoms. The second-order valence-corrected chi connectivity index (χ2v) is 13.3. The number of thioether (sulfide) groups is 1. The number of carbonyl (C=O) groups is 7. The third kappa shape index (κ3) is 16.9. The number of amides is 6. The van der Waals surface area contributed by atoms with Gasteiger partial charge in [-0.15, -0.1) is 0 Å². The van der Waals surface area contributed by atoms with Crippen LogP contribution in [0, 0.1) is 0 Å². The predicted molar refractivity (Wildman–Crippen MR) is 195 cm³/mol. The quantitative estimate of drug-likeness (QED) is 0.0420. The van der Waals surface area contributed by atoms with E-state index in [2.05, 4.69) is 31.9 Å². The van der Waals surface area contributed by atoms with Crippen molar-refractivity contribution in [3.05, 3.63) is 35.9 Å². The van der Waals surface area contributed by atoms with Gasteiger partial charge < -0.3 is 63.8 Å². The van der Waals surface area contributed by atoms with Crippen molar-refractivity contribution < 1.29 is 54.0 Å². The molecule has 14 N–H and O–H groups in total. The van der Waals surface area contributed by atoms with Crippen LogP contribution in [-0.2, 0) is 40.0 Å². The maximum Gasteiger partial charge on any atom is 0.325 e. The van der Waals surface area contributed by atoms with Crippen LogP contribution in [0.5, 0.6) is 0 Å².